The Balaban J connectivity index is 1.95. The fraction of sp³-hybridized carbons (Fsp3) is 0.417. The van der Waals surface area contributed by atoms with E-state index in [1.165, 1.54) is 18.9 Å². The number of Topliss-reactive ketones (excluding diaryl/α,β-unsaturated/α-hetero) is 1. The summed E-state index contributed by atoms with van der Waals surface area (Å²) >= 11 is 0. The third-order valence-corrected chi connectivity index (χ3v) is 2.56. The van der Waals surface area contributed by atoms with Crippen LogP contribution in [0.4, 0.5) is 4.39 Å². The molecule has 0 saturated heterocycles. The number of halogens is 1. The summed E-state index contributed by atoms with van der Waals surface area (Å²) in [7, 11) is 0. The average Bonchev–Trinajstić information content (AvgIpc) is 2.93. The molecule has 1 aromatic carbocycles. The van der Waals surface area contributed by atoms with Gasteiger partial charge in [-0.2, -0.15) is 0 Å². The van der Waals surface area contributed by atoms with Crippen LogP contribution < -0.4 is 0 Å². The summed E-state index contributed by atoms with van der Waals surface area (Å²) in [5.41, 5.74) is 0.526. The molecule has 1 saturated carbocycles. The Morgan fingerprint density at radius 2 is 2.07 bits per heavy atom. The SMILES string of the molecule is O=C(Cc1ccccc1F)CC1CC1. The van der Waals surface area contributed by atoms with E-state index in [4.69, 9.17) is 0 Å². The number of ketones is 1. The molecule has 0 unspecified atom stereocenters. The molecular formula is C12H13FO. The number of benzene rings is 1. The van der Waals surface area contributed by atoms with Crippen LogP contribution in [0.15, 0.2) is 24.3 Å². The van der Waals surface area contributed by atoms with Gasteiger partial charge in [-0.3, -0.25) is 4.79 Å². The number of rotatable bonds is 4. The van der Waals surface area contributed by atoms with Gasteiger partial charge in [-0.15, -0.1) is 0 Å². The van der Waals surface area contributed by atoms with Crippen LogP contribution in [0.3, 0.4) is 0 Å². The molecule has 0 bridgehead atoms. The molecule has 0 spiro atoms. The quantitative estimate of drug-likeness (QED) is 0.716. The van der Waals surface area contributed by atoms with Gasteiger partial charge in [0.15, 0.2) is 0 Å². The summed E-state index contributed by atoms with van der Waals surface area (Å²) < 4.78 is 13.2. The van der Waals surface area contributed by atoms with Crippen LogP contribution in [0.2, 0.25) is 0 Å². The van der Waals surface area contributed by atoms with Crippen LogP contribution in [0, 0.1) is 11.7 Å². The van der Waals surface area contributed by atoms with Crippen LogP contribution in [0.1, 0.15) is 24.8 Å². The van der Waals surface area contributed by atoms with Crippen LogP contribution >= 0.6 is 0 Å². The molecule has 1 aliphatic carbocycles. The van der Waals surface area contributed by atoms with E-state index < -0.39 is 0 Å². The van der Waals surface area contributed by atoms with Crippen molar-refractivity contribution in [3.05, 3.63) is 35.6 Å². The highest BCUT2D eigenvalue weighted by atomic mass is 19.1. The smallest absolute Gasteiger partial charge is 0.137 e. The lowest BCUT2D eigenvalue weighted by Gasteiger charge is -2.01. The highest BCUT2D eigenvalue weighted by molar-refractivity contribution is 5.81. The fourth-order valence-electron chi connectivity index (χ4n) is 1.57. The van der Waals surface area contributed by atoms with Crippen molar-refractivity contribution < 1.29 is 9.18 Å². The molecule has 14 heavy (non-hydrogen) atoms. The number of carbonyl (C=O) groups is 1. The van der Waals surface area contributed by atoms with Crippen molar-refractivity contribution in [1.82, 2.24) is 0 Å². The predicted octanol–water partition coefficient (Wildman–Crippen LogP) is 2.74. The first-order valence-corrected chi connectivity index (χ1v) is 5.01. The minimum Gasteiger partial charge on any atom is -0.299 e. The molecular weight excluding hydrogens is 179 g/mol. The minimum absolute atomic E-state index is 0.164. The van der Waals surface area contributed by atoms with Crippen molar-refractivity contribution >= 4 is 5.78 Å². The van der Waals surface area contributed by atoms with E-state index in [-0.39, 0.29) is 18.0 Å². The molecule has 2 rings (SSSR count). The number of carbonyl (C=O) groups excluding carboxylic acids is 1. The number of hydrogen-bond donors (Lipinski definition) is 0. The molecule has 0 radical (unpaired) electrons. The van der Waals surface area contributed by atoms with Gasteiger partial charge in [0.2, 0.25) is 0 Å². The van der Waals surface area contributed by atoms with Crippen LogP contribution in [0.5, 0.6) is 0 Å². The monoisotopic (exact) mass is 192 g/mol. The molecule has 1 fully saturated rings. The summed E-state index contributed by atoms with van der Waals surface area (Å²) in [6.45, 7) is 0. The first-order valence-electron chi connectivity index (χ1n) is 5.01. The van der Waals surface area contributed by atoms with Gasteiger partial charge in [-0.1, -0.05) is 18.2 Å². The second-order valence-corrected chi connectivity index (χ2v) is 3.95. The highest BCUT2D eigenvalue weighted by Gasteiger charge is 2.24. The largest absolute Gasteiger partial charge is 0.299 e. The molecule has 1 aromatic rings. The standard InChI is InChI=1S/C12H13FO/c13-12-4-2-1-3-10(12)8-11(14)7-9-5-6-9/h1-4,9H,5-8H2. The minimum atomic E-state index is -0.267. The first-order chi connectivity index (χ1) is 6.75. The second-order valence-electron chi connectivity index (χ2n) is 3.95. The van der Waals surface area contributed by atoms with Crippen molar-refractivity contribution in [3.8, 4) is 0 Å². The topological polar surface area (TPSA) is 17.1 Å². The van der Waals surface area contributed by atoms with Gasteiger partial charge in [-0.05, 0) is 30.4 Å². The summed E-state index contributed by atoms with van der Waals surface area (Å²) in [6, 6.07) is 6.49. The van der Waals surface area contributed by atoms with Crippen molar-refractivity contribution in [1.29, 1.82) is 0 Å². The molecule has 0 atom stereocenters. The van der Waals surface area contributed by atoms with Gasteiger partial charge < -0.3 is 0 Å². The van der Waals surface area contributed by atoms with E-state index in [1.54, 1.807) is 18.2 Å². The maximum absolute atomic E-state index is 13.2. The third-order valence-electron chi connectivity index (χ3n) is 2.56. The third kappa shape index (κ3) is 2.41. The van der Waals surface area contributed by atoms with E-state index in [0.717, 1.165) is 0 Å². The summed E-state index contributed by atoms with van der Waals surface area (Å²) in [4.78, 5) is 11.4. The van der Waals surface area contributed by atoms with Gasteiger partial charge in [0.05, 0.1) is 0 Å². The molecule has 0 N–H and O–H groups in total. The molecule has 0 aliphatic heterocycles. The lowest BCUT2D eigenvalue weighted by molar-refractivity contribution is -0.118. The maximum atomic E-state index is 13.2. The number of hydrogen-bond acceptors (Lipinski definition) is 1. The Bertz CT molecular complexity index is 342. The van der Waals surface area contributed by atoms with E-state index in [9.17, 15) is 9.18 Å². The molecule has 0 aromatic heterocycles. The summed E-state index contributed by atoms with van der Waals surface area (Å²) in [5.74, 6) is 0.489. The molecule has 0 heterocycles. The highest BCUT2D eigenvalue weighted by Crippen LogP contribution is 2.32. The Morgan fingerprint density at radius 3 is 2.71 bits per heavy atom. The van der Waals surface area contributed by atoms with E-state index in [2.05, 4.69) is 0 Å². The van der Waals surface area contributed by atoms with Crippen molar-refractivity contribution in [3.63, 3.8) is 0 Å². The Kier molecular flexibility index (Phi) is 2.62. The van der Waals surface area contributed by atoms with E-state index >= 15 is 0 Å². The second kappa shape index (κ2) is 3.91. The molecule has 1 aliphatic rings. The van der Waals surface area contributed by atoms with Crippen molar-refractivity contribution in [2.45, 2.75) is 25.7 Å². The van der Waals surface area contributed by atoms with Crippen LogP contribution in [-0.2, 0) is 11.2 Å². The zero-order valence-electron chi connectivity index (χ0n) is 8.00. The van der Waals surface area contributed by atoms with E-state index in [0.29, 0.717) is 17.9 Å². The average molecular weight is 192 g/mol. The van der Waals surface area contributed by atoms with Crippen molar-refractivity contribution in [2.75, 3.05) is 0 Å². The maximum Gasteiger partial charge on any atom is 0.137 e. The molecule has 2 heteroatoms. The summed E-state index contributed by atoms with van der Waals surface area (Å²) in [5, 5.41) is 0. The fourth-order valence-corrected chi connectivity index (χ4v) is 1.57. The predicted molar refractivity (Wildman–Crippen MR) is 52.5 cm³/mol. The zero-order chi connectivity index (χ0) is 9.97. The normalized spacial score (nSPS) is 15.5. The molecule has 1 nitrogen and oxygen atoms in total. The van der Waals surface area contributed by atoms with Gasteiger partial charge in [-0.25, -0.2) is 4.39 Å². The Morgan fingerprint density at radius 1 is 1.36 bits per heavy atom. The van der Waals surface area contributed by atoms with Gasteiger partial charge in [0, 0.05) is 12.8 Å². The zero-order valence-corrected chi connectivity index (χ0v) is 8.00. The lowest BCUT2D eigenvalue weighted by Crippen LogP contribution is -2.04. The first kappa shape index (κ1) is 9.38. The van der Waals surface area contributed by atoms with E-state index in [1.807, 2.05) is 0 Å². The van der Waals surface area contributed by atoms with Crippen LogP contribution in [-0.4, -0.2) is 5.78 Å². The molecule has 74 valence electrons. The Labute approximate surface area is 82.9 Å². The van der Waals surface area contributed by atoms with Crippen molar-refractivity contribution in [2.24, 2.45) is 5.92 Å². The van der Waals surface area contributed by atoms with Gasteiger partial charge >= 0.3 is 0 Å². The Hall–Kier alpha value is -1.18. The van der Waals surface area contributed by atoms with Crippen LogP contribution in [0.25, 0.3) is 0 Å². The van der Waals surface area contributed by atoms with Gasteiger partial charge in [0.25, 0.3) is 0 Å². The van der Waals surface area contributed by atoms with Gasteiger partial charge in [0.1, 0.15) is 11.6 Å². The lowest BCUT2D eigenvalue weighted by atomic mass is 10.0. The summed E-state index contributed by atoms with van der Waals surface area (Å²) in [6.07, 6.45) is 3.23. The molecule has 0 amide bonds.